The highest BCUT2D eigenvalue weighted by molar-refractivity contribution is 5.91. The smallest absolute Gasteiger partial charge is 0.263 e. The molecular weight excluding hydrogens is 268 g/mol. The molecule has 0 radical (unpaired) electrons. The van der Waals surface area contributed by atoms with Crippen LogP contribution in [0.15, 0.2) is 34.7 Å². The predicted molar refractivity (Wildman–Crippen MR) is 76.7 cm³/mol. The van der Waals surface area contributed by atoms with E-state index in [4.69, 9.17) is 9.15 Å². The molecule has 5 nitrogen and oxygen atoms in total. The van der Waals surface area contributed by atoms with Crippen LogP contribution >= 0.6 is 0 Å². The Morgan fingerprint density at radius 2 is 2.14 bits per heavy atom. The fourth-order valence-corrected chi connectivity index (χ4v) is 2.48. The van der Waals surface area contributed by atoms with E-state index < -0.39 is 0 Å². The maximum absolute atomic E-state index is 11.8. The van der Waals surface area contributed by atoms with Crippen molar-refractivity contribution in [1.82, 2.24) is 9.88 Å². The predicted octanol–water partition coefficient (Wildman–Crippen LogP) is 2.41. The molecule has 0 fully saturated rings. The van der Waals surface area contributed by atoms with E-state index in [1.165, 1.54) is 5.56 Å². The molecule has 1 aliphatic heterocycles. The van der Waals surface area contributed by atoms with Crippen LogP contribution in [0.3, 0.4) is 0 Å². The average Bonchev–Trinajstić information content (AvgIpc) is 3.04. The molecular formula is C16H18N2O3. The van der Waals surface area contributed by atoms with E-state index >= 15 is 0 Å². The molecule has 0 saturated carbocycles. The van der Waals surface area contributed by atoms with Crippen molar-refractivity contribution in [2.45, 2.75) is 26.1 Å². The van der Waals surface area contributed by atoms with E-state index in [9.17, 15) is 4.79 Å². The first-order chi connectivity index (χ1) is 10.3. The molecule has 0 aliphatic carbocycles. The van der Waals surface area contributed by atoms with Crippen LogP contribution in [-0.4, -0.2) is 29.4 Å². The van der Waals surface area contributed by atoms with Crippen LogP contribution in [0, 0.1) is 0 Å². The molecule has 1 aromatic carbocycles. The molecule has 2 aromatic rings. The molecule has 0 amide bonds. The number of Topliss-reactive ketones (excluding diaryl/α,β-unsaturated/α-hetero) is 1. The Balaban J connectivity index is 1.61. The molecule has 0 N–H and O–H groups in total. The molecule has 110 valence electrons. The molecule has 1 aliphatic rings. The quantitative estimate of drug-likeness (QED) is 0.763. The average molecular weight is 286 g/mol. The zero-order valence-corrected chi connectivity index (χ0v) is 12.0. The van der Waals surface area contributed by atoms with Crippen LogP contribution in [0.2, 0.25) is 0 Å². The van der Waals surface area contributed by atoms with Crippen molar-refractivity contribution in [3.8, 4) is 0 Å². The number of ether oxygens (including phenoxy) is 1. The standard InChI is InChI=1S/C16H18N2O3/c1-20-8-7-14(19)16-17-13-10-18(11-15(13)21-16)9-12-5-3-2-4-6-12/h2-6H,7-11H2,1H3. The second kappa shape index (κ2) is 6.20. The minimum Gasteiger partial charge on any atom is -0.437 e. The summed E-state index contributed by atoms with van der Waals surface area (Å²) in [6.45, 7) is 2.69. The number of rotatable bonds is 6. The third-order valence-corrected chi connectivity index (χ3v) is 3.54. The number of hydrogen-bond acceptors (Lipinski definition) is 5. The van der Waals surface area contributed by atoms with Gasteiger partial charge in [0, 0.05) is 26.6 Å². The van der Waals surface area contributed by atoms with Crippen molar-refractivity contribution in [1.29, 1.82) is 0 Å². The van der Waals surface area contributed by atoms with E-state index in [1.807, 2.05) is 18.2 Å². The Morgan fingerprint density at radius 3 is 2.86 bits per heavy atom. The van der Waals surface area contributed by atoms with Crippen LogP contribution in [-0.2, 0) is 24.4 Å². The molecule has 0 saturated heterocycles. The molecule has 5 heteroatoms. The number of hydrogen-bond donors (Lipinski definition) is 0. The number of carbonyl (C=O) groups is 1. The van der Waals surface area contributed by atoms with E-state index in [-0.39, 0.29) is 11.7 Å². The van der Waals surface area contributed by atoms with Crippen molar-refractivity contribution in [2.75, 3.05) is 13.7 Å². The van der Waals surface area contributed by atoms with E-state index in [0.717, 1.165) is 24.5 Å². The van der Waals surface area contributed by atoms with Gasteiger partial charge in [0.15, 0.2) is 0 Å². The molecule has 1 aromatic heterocycles. The first-order valence-corrected chi connectivity index (χ1v) is 7.03. The number of ketones is 1. The van der Waals surface area contributed by atoms with Crippen molar-refractivity contribution in [3.05, 3.63) is 53.2 Å². The van der Waals surface area contributed by atoms with Crippen molar-refractivity contribution < 1.29 is 13.9 Å². The third-order valence-electron chi connectivity index (χ3n) is 3.54. The second-order valence-electron chi connectivity index (χ2n) is 5.19. The minimum absolute atomic E-state index is 0.0964. The Kier molecular flexibility index (Phi) is 4.13. The number of fused-ring (bicyclic) bond motifs is 1. The topological polar surface area (TPSA) is 55.6 Å². The number of methoxy groups -OCH3 is 1. The molecule has 0 bridgehead atoms. The number of oxazole rings is 1. The number of aromatic nitrogens is 1. The van der Waals surface area contributed by atoms with Gasteiger partial charge in [0.05, 0.1) is 18.8 Å². The lowest BCUT2D eigenvalue weighted by Crippen LogP contribution is -2.16. The van der Waals surface area contributed by atoms with Crippen LogP contribution in [0.25, 0.3) is 0 Å². The van der Waals surface area contributed by atoms with E-state index in [1.54, 1.807) is 7.11 Å². The van der Waals surface area contributed by atoms with Crippen molar-refractivity contribution in [3.63, 3.8) is 0 Å². The summed E-state index contributed by atoms with van der Waals surface area (Å²) in [5, 5.41) is 0. The fraction of sp³-hybridized carbons (Fsp3) is 0.375. The largest absolute Gasteiger partial charge is 0.437 e. The monoisotopic (exact) mass is 286 g/mol. The van der Waals surface area contributed by atoms with Gasteiger partial charge >= 0.3 is 0 Å². The Morgan fingerprint density at radius 1 is 1.33 bits per heavy atom. The highest BCUT2D eigenvalue weighted by Gasteiger charge is 2.27. The molecule has 2 heterocycles. The van der Waals surface area contributed by atoms with Crippen molar-refractivity contribution >= 4 is 5.78 Å². The van der Waals surface area contributed by atoms with Gasteiger partial charge in [0.2, 0.25) is 5.78 Å². The lowest BCUT2D eigenvalue weighted by atomic mass is 10.2. The maximum Gasteiger partial charge on any atom is 0.263 e. The number of carbonyl (C=O) groups excluding carboxylic acids is 1. The second-order valence-corrected chi connectivity index (χ2v) is 5.19. The SMILES string of the molecule is COCCC(=O)c1nc2c(o1)CN(Cc1ccccc1)C2. The molecule has 0 unspecified atom stereocenters. The highest BCUT2D eigenvalue weighted by Crippen LogP contribution is 2.25. The molecule has 3 rings (SSSR count). The first-order valence-electron chi connectivity index (χ1n) is 7.03. The molecule has 0 spiro atoms. The van der Waals surface area contributed by atoms with Gasteiger partial charge in [-0.15, -0.1) is 0 Å². The van der Waals surface area contributed by atoms with Crippen LogP contribution in [0.1, 0.15) is 34.1 Å². The van der Waals surface area contributed by atoms with Gasteiger partial charge in [-0.25, -0.2) is 4.98 Å². The van der Waals surface area contributed by atoms with Crippen LogP contribution in [0.4, 0.5) is 0 Å². The van der Waals surface area contributed by atoms with Gasteiger partial charge < -0.3 is 9.15 Å². The van der Waals surface area contributed by atoms with Gasteiger partial charge in [0.25, 0.3) is 5.89 Å². The first kappa shape index (κ1) is 14.0. The van der Waals surface area contributed by atoms with Gasteiger partial charge in [-0.3, -0.25) is 9.69 Å². The van der Waals surface area contributed by atoms with Crippen molar-refractivity contribution in [2.24, 2.45) is 0 Å². The summed E-state index contributed by atoms with van der Waals surface area (Å²) in [7, 11) is 1.57. The lowest BCUT2D eigenvalue weighted by Gasteiger charge is -2.14. The summed E-state index contributed by atoms with van der Waals surface area (Å²) >= 11 is 0. The zero-order valence-electron chi connectivity index (χ0n) is 12.0. The number of benzene rings is 1. The zero-order chi connectivity index (χ0) is 14.7. The Bertz CT molecular complexity index is 598. The summed E-state index contributed by atoms with van der Waals surface area (Å²) in [6.07, 6.45) is 0.309. The summed E-state index contributed by atoms with van der Waals surface area (Å²) in [4.78, 5) is 18.4. The summed E-state index contributed by atoms with van der Waals surface area (Å²) in [5.41, 5.74) is 2.14. The Labute approximate surface area is 123 Å². The number of nitrogens with zero attached hydrogens (tertiary/aromatic N) is 2. The van der Waals surface area contributed by atoms with E-state index in [2.05, 4.69) is 22.0 Å². The Hall–Kier alpha value is -1.98. The minimum atomic E-state index is -0.0964. The van der Waals surface area contributed by atoms with Gasteiger partial charge in [-0.05, 0) is 5.56 Å². The van der Waals surface area contributed by atoms with Gasteiger partial charge in [-0.1, -0.05) is 30.3 Å². The molecule has 21 heavy (non-hydrogen) atoms. The summed E-state index contributed by atoms with van der Waals surface area (Å²) < 4.78 is 10.5. The third kappa shape index (κ3) is 3.20. The maximum atomic E-state index is 11.8. The van der Waals surface area contributed by atoms with Gasteiger partial charge in [-0.2, -0.15) is 0 Å². The summed E-state index contributed by atoms with van der Waals surface area (Å²) in [6, 6.07) is 10.3. The van der Waals surface area contributed by atoms with E-state index in [0.29, 0.717) is 19.6 Å². The summed E-state index contributed by atoms with van der Waals surface area (Å²) in [5.74, 6) is 0.934. The normalized spacial score (nSPS) is 14.3. The fourth-order valence-electron chi connectivity index (χ4n) is 2.48. The van der Waals surface area contributed by atoms with Gasteiger partial charge in [0.1, 0.15) is 5.76 Å². The van der Waals surface area contributed by atoms with Crippen LogP contribution < -0.4 is 0 Å². The lowest BCUT2D eigenvalue weighted by molar-refractivity contribution is 0.0894. The van der Waals surface area contributed by atoms with Crippen LogP contribution in [0.5, 0.6) is 0 Å². The molecule has 0 atom stereocenters. The highest BCUT2D eigenvalue weighted by atomic mass is 16.5.